The van der Waals surface area contributed by atoms with Crippen LogP contribution in [0.1, 0.15) is 56.8 Å². The molecule has 11 heteroatoms. The summed E-state index contributed by atoms with van der Waals surface area (Å²) in [5.41, 5.74) is 2.73. The fourth-order valence-electron chi connectivity index (χ4n) is 5.85. The van der Waals surface area contributed by atoms with Gasteiger partial charge in [0.15, 0.2) is 12.4 Å². The number of ether oxygens (including phenoxy) is 2. The van der Waals surface area contributed by atoms with Gasteiger partial charge in [-0.2, -0.15) is 0 Å². The van der Waals surface area contributed by atoms with Crippen molar-refractivity contribution in [2.45, 2.75) is 84.1 Å². The number of hydrogen-bond donors (Lipinski definition) is 4. The third kappa shape index (κ3) is 9.12. The van der Waals surface area contributed by atoms with Crippen LogP contribution in [0.25, 0.3) is 0 Å². The van der Waals surface area contributed by atoms with Crippen molar-refractivity contribution in [3.05, 3.63) is 71.3 Å². The molecule has 6 atom stereocenters. The molecule has 2 aliphatic heterocycles. The minimum absolute atomic E-state index is 0.187. The zero-order valence-corrected chi connectivity index (χ0v) is 26.9. The van der Waals surface area contributed by atoms with Gasteiger partial charge in [-0.05, 0) is 44.2 Å². The number of amides is 4. The van der Waals surface area contributed by atoms with E-state index in [1.54, 1.807) is 0 Å². The van der Waals surface area contributed by atoms with Crippen LogP contribution in [0, 0.1) is 12.8 Å². The number of carbonyl (C=O) groups excluding carboxylic acids is 4. The van der Waals surface area contributed by atoms with Gasteiger partial charge in [-0.3, -0.25) is 24.1 Å². The topological polar surface area (TPSA) is 138 Å². The minimum Gasteiger partial charge on any atom is -0.355 e. The average Bonchev–Trinajstić information content (AvgIpc) is 3.31. The van der Waals surface area contributed by atoms with Crippen molar-refractivity contribution in [1.82, 2.24) is 26.2 Å². The second-order valence-electron chi connectivity index (χ2n) is 12.2. The molecule has 2 aromatic carbocycles. The lowest BCUT2D eigenvalue weighted by molar-refractivity contribution is -0.144. The van der Waals surface area contributed by atoms with E-state index in [1.165, 1.54) is 0 Å². The molecule has 0 unspecified atom stereocenters. The van der Waals surface area contributed by atoms with Crippen LogP contribution in [0.4, 0.5) is 0 Å². The number of rotatable bonds is 14. The molecule has 2 aromatic rings. The predicted molar refractivity (Wildman–Crippen MR) is 170 cm³/mol. The summed E-state index contributed by atoms with van der Waals surface area (Å²) < 4.78 is 12.1. The van der Waals surface area contributed by atoms with Gasteiger partial charge >= 0.3 is 0 Å². The molecule has 0 aromatic heterocycles. The molecule has 2 saturated heterocycles. The number of fused-ring (bicyclic) bond motifs is 2. The van der Waals surface area contributed by atoms with Gasteiger partial charge in [0, 0.05) is 26.1 Å². The van der Waals surface area contributed by atoms with Crippen LogP contribution in [0.3, 0.4) is 0 Å². The number of benzene rings is 2. The van der Waals surface area contributed by atoms with Crippen LogP contribution < -0.4 is 21.3 Å². The van der Waals surface area contributed by atoms with Crippen molar-refractivity contribution in [3.8, 4) is 0 Å². The van der Waals surface area contributed by atoms with Crippen molar-refractivity contribution in [3.63, 3.8) is 0 Å². The Labute approximate surface area is 265 Å². The normalized spacial score (nSPS) is 21.4. The Morgan fingerprint density at radius 1 is 0.822 bits per heavy atom. The number of nitrogens with one attached hydrogen (secondary N) is 4. The molecule has 2 heterocycles. The van der Waals surface area contributed by atoms with E-state index in [9.17, 15) is 19.2 Å². The average molecular weight is 622 g/mol. The van der Waals surface area contributed by atoms with Gasteiger partial charge in [0.2, 0.25) is 17.7 Å². The summed E-state index contributed by atoms with van der Waals surface area (Å²) in [6.45, 7) is 11.0. The molecule has 4 rings (SSSR count). The number of nitrogens with zero attached hydrogens (tertiary/aromatic N) is 1. The van der Waals surface area contributed by atoms with Gasteiger partial charge in [0.25, 0.3) is 5.91 Å². The molecule has 4 amide bonds. The monoisotopic (exact) mass is 621 g/mol. The van der Waals surface area contributed by atoms with Gasteiger partial charge in [-0.25, -0.2) is 0 Å². The van der Waals surface area contributed by atoms with Crippen LogP contribution in [0.5, 0.6) is 0 Å². The van der Waals surface area contributed by atoms with Crippen LogP contribution in [0.15, 0.2) is 54.6 Å². The number of carbonyl (C=O) groups is 4. The lowest BCUT2D eigenvalue weighted by Crippen LogP contribution is -2.55. The van der Waals surface area contributed by atoms with Gasteiger partial charge in [0.1, 0.15) is 24.2 Å². The van der Waals surface area contributed by atoms with E-state index < -0.39 is 42.5 Å². The minimum atomic E-state index is -0.938. The Morgan fingerprint density at radius 2 is 1.47 bits per heavy atom. The standard InChI is InChI=1S/C34H47N5O6/c1-6-35-31(40)25(17-21(3)4)38-34(43)30-27-19-39(20-28(44-27)45-30)29(24-15-13-22(5)14-16-24)33(42)37-26(32(41)36-7-2)18-23-11-9-8-10-12-23/h8-16,21,25-30H,6-7,17-20H2,1-5H3,(H,35,40)(H,36,41)(H,37,42)(H,38,43)/t25-,26-,27-,28-,29-,30-/m0/s1. The van der Waals surface area contributed by atoms with Gasteiger partial charge in [-0.15, -0.1) is 0 Å². The summed E-state index contributed by atoms with van der Waals surface area (Å²) in [5.74, 6) is -1.07. The predicted octanol–water partition coefficient (Wildman–Crippen LogP) is 1.99. The molecule has 0 spiro atoms. The lowest BCUT2D eigenvalue weighted by Gasteiger charge is -2.37. The quantitative estimate of drug-likeness (QED) is 0.253. The Bertz CT molecular complexity index is 1300. The molecule has 0 saturated carbocycles. The molecule has 0 aliphatic carbocycles. The van der Waals surface area contributed by atoms with Crippen LogP contribution in [-0.4, -0.2) is 85.3 Å². The second-order valence-corrected chi connectivity index (χ2v) is 12.2. The molecule has 45 heavy (non-hydrogen) atoms. The van der Waals surface area contributed by atoms with Crippen LogP contribution in [0.2, 0.25) is 0 Å². The number of aryl methyl sites for hydroxylation is 1. The molecular weight excluding hydrogens is 574 g/mol. The summed E-state index contributed by atoms with van der Waals surface area (Å²) in [4.78, 5) is 55.3. The lowest BCUT2D eigenvalue weighted by atomic mass is 9.99. The SMILES string of the molecule is CCNC(=O)[C@H](CC(C)C)NC(=O)[C@H]1O[C@H]2CN([C@H](C(=O)N[C@@H](Cc3ccccc3)C(=O)NCC)c3ccc(C)cc3)C[C@@H]1O2. The first-order chi connectivity index (χ1) is 21.6. The molecular formula is C34H47N5O6. The number of morpholine rings is 1. The molecule has 0 radical (unpaired) electrons. The fourth-order valence-corrected chi connectivity index (χ4v) is 5.85. The van der Waals surface area contributed by atoms with E-state index in [0.717, 1.165) is 16.7 Å². The maximum Gasteiger partial charge on any atom is 0.252 e. The van der Waals surface area contributed by atoms with Gasteiger partial charge in [-0.1, -0.05) is 74.0 Å². The maximum atomic E-state index is 14.1. The number of hydrogen-bond acceptors (Lipinski definition) is 7. The van der Waals surface area contributed by atoms with Crippen molar-refractivity contribution in [2.75, 3.05) is 26.2 Å². The fraction of sp³-hybridized carbons (Fsp3) is 0.529. The Morgan fingerprint density at radius 3 is 2.09 bits per heavy atom. The highest BCUT2D eigenvalue weighted by Gasteiger charge is 2.49. The second kappa shape index (κ2) is 16.0. The molecule has 4 N–H and O–H groups in total. The van der Waals surface area contributed by atoms with Crippen molar-refractivity contribution in [1.29, 1.82) is 0 Å². The Balaban J connectivity index is 1.54. The first-order valence-corrected chi connectivity index (χ1v) is 15.9. The van der Waals surface area contributed by atoms with E-state index in [1.807, 2.05) is 94.1 Å². The van der Waals surface area contributed by atoms with E-state index in [2.05, 4.69) is 21.3 Å². The Kier molecular flexibility index (Phi) is 12.1. The molecule has 11 nitrogen and oxygen atoms in total. The summed E-state index contributed by atoms with van der Waals surface area (Å²) in [5, 5.41) is 11.5. The maximum absolute atomic E-state index is 14.1. The van der Waals surface area contributed by atoms with E-state index in [-0.39, 0.29) is 36.7 Å². The summed E-state index contributed by atoms with van der Waals surface area (Å²) in [6, 6.07) is 15.0. The van der Waals surface area contributed by atoms with Crippen molar-refractivity contribution < 1.29 is 28.7 Å². The smallest absolute Gasteiger partial charge is 0.252 e. The summed E-state index contributed by atoms with van der Waals surface area (Å²) in [6.07, 6.45) is -1.51. The zero-order valence-electron chi connectivity index (χ0n) is 26.9. The summed E-state index contributed by atoms with van der Waals surface area (Å²) in [7, 11) is 0. The highest BCUT2D eigenvalue weighted by molar-refractivity contribution is 5.91. The summed E-state index contributed by atoms with van der Waals surface area (Å²) >= 11 is 0. The third-order valence-electron chi connectivity index (χ3n) is 7.98. The highest BCUT2D eigenvalue weighted by Crippen LogP contribution is 2.32. The molecule has 2 bridgehead atoms. The third-order valence-corrected chi connectivity index (χ3v) is 7.98. The van der Waals surface area contributed by atoms with Crippen molar-refractivity contribution >= 4 is 23.6 Å². The molecule has 2 aliphatic rings. The Hall–Kier alpha value is -3.80. The van der Waals surface area contributed by atoms with Crippen LogP contribution >= 0.6 is 0 Å². The first kappa shape index (κ1) is 34.1. The van der Waals surface area contributed by atoms with Crippen LogP contribution in [-0.2, 0) is 35.1 Å². The van der Waals surface area contributed by atoms with E-state index >= 15 is 0 Å². The van der Waals surface area contributed by atoms with Crippen molar-refractivity contribution in [2.24, 2.45) is 5.92 Å². The zero-order chi connectivity index (χ0) is 32.5. The van der Waals surface area contributed by atoms with Gasteiger partial charge < -0.3 is 30.7 Å². The largest absolute Gasteiger partial charge is 0.355 e. The molecule has 244 valence electrons. The first-order valence-electron chi connectivity index (χ1n) is 15.9. The van der Waals surface area contributed by atoms with Gasteiger partial charge in [0.05, 0.1) is 6.54 Å². The molecule has 2 fully saturated rings. The highest BCUT2D eigenvalue weighted by atomic mass is 16.7. The van der Waals surface area contributed by atoms with E-state index in [4.69, 9.17) is 9.47 Å². The van der Waals surface area contributed by atoms with E-state index in [0.29, 0.717) is 25.9 Å². The number of likely N-dealkylation sites (N-methyl/N-ethyl adjacent to an activating group) is 2.